The molecule has 0 aliphatic rings. The molecule has 8 heteroatoms. The molecule has 0 bridgehead atoms. The third-order valence-corrected chi connectivity index (χ3v) is 6.29. The van der Waals surface area contributed by atoms with Crippen LogP contribution in [0.5, 0.6) is 5.75 Å². The van der Waals surface area contributed by atoms with Gasteiger partial charge in [0.2, 0.25) is 5.65 Å². The molecule has 2 aromatic heterocycles. The summed E-state index contributed by atoms with van der Waals surface area (Å²) >= 11 is 1.28. The lowest BCUT2D eigenvalue weighted by Crippen LogP contribution is -2.20. The molecule has 4 rings (SSSR count). The Hall–Kier alpha value is -3.39. The molecule has 0 saturated heterocycles. The second-order valence-corrected chi connectivity index (χ2v) is 8.58. The lowest BCUT2D eigenvalue weighted by molar-refractivity contribution is 0.0993. The highest BCUT2D eigenvalue weighted by Gasteiger charge is 2.21. The third kappa shape index (κ3) is 3.98. The van der Waals surface area contributed by atoms with Crippen LogP contribution in [0.4, 0.5) is 0 Å². The van der Waals surface area contributed by atoms with Gasteiger partial charge < -0.3 is 4.74 Å². The van der Waals surface area contributed by atoms with Crippen LogP contribution in [0.1, 0.15) is 28.4 Å². The summed E-state index contributed by atoms with van der Waals surface area (Å²) in [5, 5.41) is 8.35. The van der Waals surface area contributed by atoms with Crippen LogP contribution >= 0.6 is 11.8 Å². The SMILES string of the molecule is COc1ccc(-n2ccn3c(S[C@@H](C)C(=O)c4ccc(C)c(C)c4)nnc3c2=O)cc1. The van der Waals surface area contributed by atoms with E-state index in [0.717, 1.165) is 11.1 Å². The third-order valence-electron chi connectivity index (χ3n) is 5.23. The number of hydrogen-bond donors (Lipinski definition) is 0. The van der Waals surface area contributed by atoms with Crippen LogP contribution in [-0.4, -0.2) is 37.3 Å². The van der Waals surface area contributed by atoms with E-state index in [2.05, 4.69) is 10.2 Å². The van der Waals surface area contributed by atoms with Gasteiger partial charge in [-0.25, -0.2) is 0 Å². The fraction of sp³-hybridized carbons (Fsp3) is 0.217. The fourth-order valence-electron chi connectivity index (χ4n) is 3.23. The number of carbonyl (C=O) groups excluding carboxylic acids is 1. The fourth-order valence-corrected chi connectivity index (χ4v) is 4.14. The van der Waals surface area contributed by atoms with Crippen molar-refractivity contribution in [2.24, 2.45) is 0 Å². The van der Waals surface area contributed by atoms with E-state index in [4.69, 9.17) is 4.74 Å². The largest absolute Gasteiger partial charge is 0.497 e. The lowest BCUT2D eigenvalue weighted by atomic mass is 10.0. The zero-order valence-corrected chi connectivity index (χ0v) is 18.5. The Morgan fingerprint density at radius 3 is 2.45 bits per heavy atom. The van der Waals surface area contributed by atoms with Crippen molar-refractivity contribution in [1.29, 1.82) is 0 Å². The van der Waals surface area contributed by atoms with Crippen molar-refractivity contribution >= 4 is 23.2 Å². The quantitative estimate of drug-likeness (QED) is 0.339. The van der Waals surface area contributed by atoms with Crippen LogP contribution < -0.4 is 10.3 Å². The average Bonchev–Trinajstić information content (AvgIpc) is 3.19. The van der Waals surface area contributed by atoms with Crippen LogP contribution in [0.2, 0.25) is 0 Å². The molecule has 0 spiro atoms. The summed E-state index contributed by atoms with van der Waals surface area (Å²) in [6.07, 6.45) is 3.40. The molecule has 0 saturated carbocycles. The summed E-state index contributed by atoms with van der Waals surface area (Å²) in [5.41, 5.74) is 3.50. The highest BCUT2D eigenvalue weighted by molar-refractivity contribution is 8.00. The van der Waals surface area contributed by atoms with E-state index < -0.39 is 0 Å². The summed E-state index contributed by atoms with van der Waals surface area (Å²) in [6, 6.07) is 12.9. The average molecular weight is 435 g/mol. The molecule has 158 valence electrons. The number of ketones is 1. The minimum absolute atomic E-state index is 0.0106. The van der Waals surface area contributed by atoms with E-state index in [0.29, 0.717) is 22.2 Å². The summed E-state index contributed by atoms with van der Waals surface area (Å²) in [5.74, 6) is 0.720. The Bertz CT molecular complexity index is 1330. The van der Waals surface area contributed by atoms with Crippen LogP contribution in [0.3, 0.4) is 0 Å². The molecule has 2 heterocycles. The van der Waals surface area contributed by atoms with Gasteiger partial charge in [0.1, 0.15) is 5.75 Å². The van der Waals surface area contributed by atoms with E-state index in [1.165, 1.54) is 16.3 Å². The summed E-state index contributed by atoms with van der Waals surface area (Å²) < 4.78 is 8.29. The first kappa shape index (κ1) is 20.9. The van der Waals surface area contributed by atoms with Crippen molar-refractivity contribution in [3.63, 3.8) is 0 Å². The van der Waals surface area contributed by atoms with Crippen molar-refractivity contribution in [2.75, 3.05) is 7.11 Å². The van der Waals surface area contributed by atoms with Crippen molar-refractivity contribution < 1.29 is 9.53 Å². The van der Waals surface area contributed by atoms with Gasteiger partial charge in [0.15, 0.2) is 10.9 Å². The Labute approximate surface area is 183 Å². The molecular weight excluding hydrogens is 412 g/mol. The Balaban J connectivity index is 1.61. The number of aromatic nitrogens is 4. The molecule has 0 aliphatic carbocycles. The van der Waals surface area contributed by atoms with E-state index in [-0.39, 0.29) is 22.2 Å². The van der Waals surface area contributed by atoms with E-state index in [9.17, 15) is 9.59 Å². The van der Waals surface area contributed by atoms with E-state index in [1.807, 2.05) is 39.0 Å². The second kappa shape index (κ2) is 8.39. The summed E-state index contributed by atoms with van der Waals surface area (Å²) in [4.78, 5) is 25.8. The number of aryl methyl sites for hydroxylation is 2. The number of rotatable bonds is 6. The molecule has 7 nitrogen and oxygen atoms in total. The van der Waals surface area contributed by atoms with Gasteiger partial charge in [0.25, 0.3) is 0 Å². The number of ether oxygens (including phenoxy) is 1. The minimum Gasteiger partial charge on any atom is -0.497 e. The Morgan fingerprint density at radius 1 is 1.03 bits per heavy atom. The normalized spacial score (nSPS) is 12.1. The molecule has 4 aromatic rings. The molecule has 31 heavy (non-hydrogen) atoms. The summed E-state index contributed by atoms with van der Waals surface area (Å²) in [7, 11) is 1.59. The van der Waals surface area contributed by atoms with E-state index >= 15 is 0 Å². The zero-order chi connectivity index (χ0) is 22.1. The molecule has 0 N–H and O–H groups in total. The van der Waals surface area contributed by atoms with Crippen LogP contribution in [-0.2, 0) is 0 Å². The predicted molar refractivity (Wildman–Crippen MR) is 121 cm³/mol. The maximum Gasteiger partial charge on any atom is 0.300 e. The second-order valence-electron chi connectivity index (χ2n) is 7.27. The zero-order valence-electron chi connectivity index (χ0n) is 17.7. The highest BCUT2D eigenvalue weighted by atomic mass is 32.2. The van der Waals surface area contributed by atoms with Gasteiger partial charge in [-0.2, -0.15) is 0 Å². The number of benzene rings is 2. The maximum absolute atomic E-state index is 12.9. The van der Waals surface area contributed by atoms with Gasteiger partial charge >= 0.3 is 5.56 Å². The maximum atomic E-state index is 12.9. The topological polar surface area (TPSA) is 78.5 Å². The minimum atomic E-state index is -0.376. The van der Waals surface area contributed by atoms with Crippen molar-refractivity contribution in [3.05, 3.63) is 81.9 Å². The predicted octanol–water partition coefficient (Wildman–Crippen LogP) is 3.87. The highest BCUT2D eigenvalue weighted by Crippen LogP contribution is 2.25. The van der Waals surface area contributed by atoms with Gasteiger partial charge in [0, 0.05) is 23.6 Å². The molecule has 0 radical (unpaired) electrons. The Morgan fingerprint density at radius 2 is 1.77 bits per heavy atom. The number of hydrogen-bond acceptors (Lipinski definition) is 6. The Kier molecular flexibility index (Phi) is 5.65. The van der Waals surface area contributed by atoms with Gasteiger partial charge in [-0.1, -0.05) is 23.9 Å². The number of carbonyl (C=O) groups is 1. The van der Waals surface area contributed by atoms with Crippen LogP contribution in [0.25, 0.3) is 11.3 Å². The van der Waals surface area contributed by atoms with Crippen molar-refractivity contribution in [1.82, 2.24) is 19.2 Å². The summed E-state index contributed by atoms with van der Waals surface area (Å²) in [6.45, 7) is 5.84. The number of methoxy groups -OCH3 is 1. The molecule has 0 fully saturated rings. The van der Waals surface area contributed by atoms with Gasteiger partial charge in [-0.05, 0) is 62.2 Å². The molecular formula is C23H22N4O3S. The van der Waals surface area contributed by atoms with Crippen LogP contribution in [0.15, 0.2) is 64.8 Å². The van der Waals surface area contributed by atoms with Gasteiger partial charge in [-0.3, -0.25) is 18.6 Å². The van der Waals surface area contributed by atoms with E-state index in [1.54, 1.807) is 48.2 Å². The number of thioether (sulfide) groups is 1. The van der Waals surface area contributed by atoms with Crippen molar-refractivity contribution in [2.45, 2.75) is 31.2 Å². The molecule has 0 unspecified atom stereocenters. The molecule has 0 amide bonds. The molecule has 0 aliphatic heterocycles. The standard InChI is InChI=1S/C23H22N4O3S/c1-14-5-6-17(13-15(14)2)20(28)16(3)31-23-25-24-21-22(29)26(11-12-27(21)23)18-7-9-19(30-4)10-8-18/h5-13,16H,1-4H3/t16-/m0/s1. The first-order valence-corrected chi connectivity index (χ1v) is 10.7. The number of fused-ring (bicyclic) bond motifs is 1. The van der Waals surface area contributed by atoms with Gasteiger partial charge in [-0.15, -0.1) is 10.2 Å². The number of Topliss-reactive ketones (excluding diaryl/α,β-unsaturated/α-hetero) is 1. The lowest BCUT2D eigenvalue weighted by Gasteiger charge is -2.11. The van der Waals surface area contributed by atoms with Crippen molar-refractivity contribution in [3.8, 4) is 11.4 Å². The first-order valence-electron chi connectivity index (χ1n) is 9.78. The first-order chi connectivity index (χ1) is 14.9. The van der Waals surface area contributed by atoms with Gasteiger partial charge in [0.05, 0.1) is 12.4 Å². The number of nitrogens with zero attached hydrogens (tertiary/aromatic N) is 4. The molecule has 1 atom stereocenters. The molecule has 2 aromatic carbocycles. The smallest absolute Gasteiger partial charge is 0.300 e. The van der Waals surface area contributed by atoms with Crippen LogP contribution in [0, 0.1) is 13.8 Å². The monoisotopic (exact) mass is 434 g/mol.